The molecule has 5 heteroatoms. The number of halogens is 1. The van der Waals surface area contributed by atoms with Crippen LogP contribution in [0.2, 0.25) is 5.02 Å². The number of esters is 1. The molecule has 15 heavy (non-hydrogen) atoms. The lowest BCUT2D eigenvalue weighted by molar-refractivity contribution is -0.150. The third-order valence-corrected chi connectivity index (χ3v) is 1.88. The van der Waals surface area contributed by atoms with Crippen LogP contribution in [0.5, 0.6) is 0 Å². The predicted octanol–water partition coefficient (Wildman–Crippen LogP) is 1.44. The van der Waals surface area contributed by atoms with Crippen molar-refractivity contribution in [3.8, 4) is 6.07 Å². The SMILES string of the molecule is N#CC(OC(=O)CO)c1cccc(Cl)c1. The normalized spacial score (nSPS) is 11.5. The third-order valence-electron chi connectivity index (χ3n) is 1.65. The van der Waals surface area contributed by atoms with Crippen molar-refractivity contribution in [3.05, 3.63) is 34.9 Å². The van der Waals surface area contributed by atoms with Crippen LogP contribution in [-0.2, 0) is 9.53 Å². The van der Waals surface area contributed by atoms with Crippen LogP contribution in [-0.4, -0.2) is 17.7 Å². The average molecular weight is 226 g/mol. The van der Waals surface area contributed by atoms with Crippen molar-refractivity contribution in [1.82, 2.24) is 0 Å². The van der Waals surface area contributed by atoms with Crippen molar-refractivity contribution in [1.29, 1.82) is 5.26 Å². The van der Waals surface area contributed by atoms with E-state index in [1.165, 1.54) is 6.07 Å². The van der Waals surface area contributed by atoms with Gasteiger partial charge in [0.05, 0.1) is 0 Å². The predicted molar refractivity (Wildman–Crippen MR) is 53.0 cm³/mol. The summed E-state index contributed by atoms with van der Waals surface area (Å²) in [5, 5.41) is 17.7. The molecule has 1 aromatic carbocycles. The summed E-state index contributed by atoms with van der Waals surface area (Å²) in [6.07, 6.45) is -1.04. The molecule has 0 aliphatic heterocycles. The van der Waals surface area contributed by atoms with E-state index in [1.807, 2.05) is 0 Å². The molecule has 1 atom stereocenters. The highest BCUT2D eigenvalue weighted by Gasteiger charge is 2.15. The van der Waals surface area contributed by atoms with E-state index in [2.05, 4.69) is 4.74 Å². The second-order valence-corrected chi connectivity index (χ2v) is 3.15. The molecule has 0 saturated heterocycles. The van der Waals surface area contributed by atoms with Crippen molar-refractivity contribution >= 4 is 17.6 Å². The lowest BCUT2D eigenvalue weighted by atomic mass is 10.1. The van der Waals surface area contributed by atoms with Gasteiger partial charge in [-0.1, -0.05) is 23.7 Å². The number of carbonyl (C=O) groups excluding carboxylic acids is 1. The standard InChI is InChI=1S/C10H8ClNO3/c11-8-3-1-2-7(4-8)9(5-12)15-10(14)6-13/h1-4,9,13H,6H2. The van der Waals surface area contributed by atoms with Crippen molar-refractivity contribution < 1.29 is 14.6 Å². The summed E-state index contributed by atoms with van der Waals surface area (Å²) in [6, 6.07) is 8.24. The van der Waals surface area contributed by atoms with Gasteiger partial charge in [0.1, 0.15) is 12.7 Å². The van der Waals surface area contributed by atoms with E-state index in [1.54, 1.807) is 24.3 Å². The van der Waals surface area contributed by atoms with Crippen LogP contribution in [0, 0.1) is 11.3 Å². The van der Waals surface area contributed by atoms with Gasteiger partial charge in [-0.15, -0.1) is 0 Å². The van der Waals surface area contributed by atoms with Gasteiger partial charge in [0, 0.05) is 10.6 Å². The molecule has 0 radical (unpaired) electrons. The summed E-state index contributed by atoms with van der Waals surface area (Å²) in [5.41, 5.74) is 0.479. The number of nitriles is 1. The van der Waals surface area contributed by atoms with Gasteiger partial charge in [0.15, 0.2) is 0 Å². The summed E-state index contributed by atoms with van der Waals surface area (Å²) < 4.78 is 4.68. The van der Waals surface area contributed by atoms with Gasteiger partial charge in [0.2, 0.25) is 6.10 Å². The largest absolute Gasteiger partial charge is 0.440 e. The summed E-state index contributed by atoms with van der Waals surface area (Å²) in [6.45, 7) is -0.751. The summed E-state index contributed by atoms with van der Waals surface area (Å²) in [5.74, 6) is -0.846. The molecule has 1 unspecified atom stereocenters. The van der Waals surface area contributed by atoms with Gasteiger partial charge in [0.25, 0.3) is 0 Å². The van der Waals surface area contributed by atoms with Crippen LogP contribution in [0.15, 0.2) is 24.3 Å². The Morgan fingerprint density at radius 2 is 2.40 bits per heavy atom. The highest BCUT2D eigenvalue weighted by Crippen LogP contribution is 2.20. The Morgan fingerprint density at radius 3 is 2.93 bits per heavy atom. The van der Waals surface area contributed by atoms with Crippen LogP contribution in [0.1, 0.15) is 11.7 Å². The van der Waals surface area contributed by atoms with Gasteiger partial charge in [-0.05, 0) is 12.1 Å². The molecule has 0 aliphatic rings. The molecule has 1 N–H and O–H groups in total. The number of benzene rings is 1. The first-order valence-corrected chi connectivity index (χ1v) is 4.50. The number of rotatable bonds is 3. The fraction of sp³-hybridized carbons (Fsp3) is 0.200. The van der Waals surface area contributed by atoms with Gasteiger partial charge >= 0.3 is 5.97 Å². The van der Waals surface area contributed by atoms with E-state index in [9.17, 15) is 4.79 Å². The monoisotopic (exact) mass is 225 g/mol. The molecule has 4 nitrogen and oxygen atoms in total. The zero-order valence-electron chi connectivity index (χ0n) is 7.68. The highest BCUT2D eigenvalue weighted by atomic mass is 35.5. The van der Waals surface area contributed by atoms with Gasteiger partial charge in [-0.25, -0.2) is 4.79 Å². The zero-order chi connectivity index (χ0) is 11.3. The second kappa shape index (κ2) is 5.35. The fourth-order valence-electron chi connectivity index (χ4n) is 1.01. The Morgan fingerprint density at radius 1 is 1.67 bits per heavy atom. The number of ether oxygens (including phenoxy) is 1. The first kappa shape index (κ1) is 11.5. The van der Waals surface area contributed by atoms with E-state index < -0.39 is 18.7 Å². The van der Waals surface area contributed by atoms with Gasteiger partial charge < -0.3 is 9.84 Å². The molecule has 0 fully saturated rings. The van der Waals surface area contributed by atoms with Crippen LogP contribution in [0.25, 0.3) is 0 Å². The Labute approximate surface area is 91.7 Å². The minimum absolute atomic E-state index is 0.452. The topological polar surface area (TPSA) is 70.3 Å². The van der Waals surface area contributed by atoms with Crippen LogP contribution < -0.4 is 0 Å². The van der Waals surface area contributed by atoms with E-state index in [0.29, 0.717) is 10.6 Å². The molecular weight excluding hydrogens is 218 g/mol. The third kappa shape index (κ3) is 3.24. The molecule has 0 saturated carbocycles. The minimum atomic E-state index is -1.04. The zero-order valence-corrected chi connectivity index (χ0v) is 8.44. The molecule has 78 valence electrons. The van der Waals surface area contributed by atoms with Crippen LogP contribution in [0.4, 0.5) is 0 Å². The number of nitrogens with zero attached hydrogens (tertiary/aromatic N) is 1. The number of hydrogen-bond donors (Lipinski definition) is 1. The lowest BCUT2D eigenvalue weighted by Crippen LogP contribution is -2.13. The fourth-order valence-corrected chi connectivity index (χ4v) is 1.21. The Balaban J connectivity index is 2.84. The first-order valence-electron chi connectivity index (χ1n) is 4.13. The van der Waals surface area contributed by atoms with Crippen LogP contribution in [0.3, 0.4) is 0 Å². The molecule has 0 aromatic heterocycles. The lowest BCUT2D eigenvalue weighted by Gasteiger charge is -2.10. The first-order chi connectivity index (χ1) is 7.17. The quantitative estimate of drug-likeness (QED) is 0.791. The second-order valence-electron chi connectivity index (χ2n) is 2.71. The summed E-state index contributed by atoms with van der Waals surface area (Å²) in [7, 11) is 0. The van der Waals surface area contributed by atoms with E-state index in [4.69, 9.17) is 22.0 Å². The van der Waals surface area contributed by atoms with Crippen molar-refractivity contribution in [2.24, 2.45) is 0 Å². The maximum atomic E-state index is 10.8. The molecule has 0 aliphatic carbocycles. The summed E-state index contributed by atoms with van der Waals surface area (Å²) >= 11 is 5.72. The van der Waals surface area contributed by atoms with E-state index in [-0.39, 0.29) is 0 Å². The Bertz CT molecular complexity index is 400. The number of hydrogen-bond acceptors (Lipinski definition) is 4. The average Bonchev–Trinajstić information content (AvgIpc) is 2.25. The maximum Gasteiger partial charge on any atom is 0.333 e. The van der Waals surface area contributed by atoms with Gasteiger partial charge in [-0.2, -0.15) is 5.26 Å². The Kier molecular flexibility index (Phi) is 4.10. The molecule has 1 aromatic rings. The van der Waals surface area contributed by atoms with Crippen molar-refractivity contribution in [2.75, 3.05) is 6.61 Å². The Hall–Kier alpha value is -1.57. The van der Waals surface area contributed by atoms with Gasteiger partial charge in [-0.3, -0.25) is 0 Å². The van der Waals surface area contributed by atoms with E-state index >= 15 is 0 Å². The number of aliphatic hydroxyl groups is 1. The van der Waals surface area contributed by atoms with Crippen LogP contribution >= 0.6 is 11.6 Å². The molecule has 0 spiro atoms. The molecule has 0 heterocycles. The number of aliphatic hydroxyl groups excluding tert-OH is 1. The minimum Gasteiger partial charge on any atom is -0.440 e. The molecule has 0 amide bonds. The molecular formula is C10H8ClNO3. The molecule has 0 bridgehead atoms. The summed E-state index contributed by atoms with van der Waals surface area (Å²) in [4.78, 5) is 10.8. The van der Waals surface area contributed by atoms with E-state index in [0.717, 1.165) is 0 Å². The highest BCUT2D eigenvalue weighted by molar-refractivity contribution is 6.30. The van der Waals surface area contributed by atoms with Crippen molar-refractivity contribution in [2.45, 2.75) is 6.10 Å². The number of carbonyl (C=O) groups is 1. The van der Waals surface area contributed by atoms with Crippen molar-refractivity contribution in [3.63, 3.8) is 0 Å². The molecule has 1 rings (SSSR count). The smallest absolute Gasteiger partial charge is 0.333 e. The maximum absolute atomic E-state index is 10.8.